The van der Waals surface area contributed by atoms with E-state index in [1.807, 2.05) is 53.7 Å². The van der Waals surface area contributed by atoms with Gasteiger partial charge in [0.05, 0.1) is 34.0 Å². The van der Waals surface area contributed by atoms with Crippen molar-refractivity contribution in [3.05, 3.63) is 71.9 Å². The van der Waals surface area contributed by atoms with E-state index < -0.39 is 0 Å². The Morgan fingerprint density at radius 2 is 1.61 bits per heavy atom. The zero-order chi connectivity index (χ0) is 26.6. The number of para-hydroxylation sites is 1. The minimum atomic E-state index is -0.0757. The molecule has 0 radical (unpaired) electrons. The lowest BCUT2D eigenvalue weighted by atomic mass is 9.95. The monoisotopic (exact) mass is 516 g/mol. The van der Waals surface area contributed by atoms with Crippen LogP contribution in [0.2, 0.25) is 0 Å². The Balaban J connectivity index is 1.30. The highest BCUT2D eigenvalue weighted by Crippen LogP contribution is 2.39. The first-order valence-electron chi connectivity index (χ1n) is 12.6. The van der Waals surface area contributed by atoms with Gasteiger partial charge in [-0.1, -0.05) is 12.1 Å². The Labute approximate surface area is 221 Å². The summed E-state index contributed by atoms with van der Waals surface area (Å²) in [5.41, 5.74) is 2.17. The van der Waals surface area contributed by atoms with Crippen molar-refractivity contribution in [3.8, 4) is 23.0 Å². The van der Waals surface area contributed by atoms with Gasteiger partial charge in [0.2, 0.25) is 5.75 Å². The summed E-state index contributed by atoms with van der Waals surface area (Å²) in [6.07, 6.45) is 5.46. The maximum absolute atomic E-state index is 13.3. The number of ether oxygens (including phenoxy) is 4. The molecule has 2 aromatic heterocycles. The second-order valence-corrected chi connectivity index (χ2v) is 9.24. The van der Waals surface area contributed by atoms with E-state index in [1.165, 1.54) is 0 Å². The minimum absolute atomic E-state index is 0.0757. The number of carbonyl (C=O) groups is 1. The number of hydrogen-bond acceptors (Lipinski definition) is 7. The fraction of sp³-hybridized carbons (Fsp3) is 0.345. The average Bonchev–Trinajstić information content (AvgIpc) is 3.43. The van der Waals surface area contributed by atoms with E-state index in [9.17, 15) is 4.79 Å². The van der Waals surface area contributed by atoms with Crippen molar-refractivity contribution < 1.29 is 23.7 Å². The molecule has 1 saturated heterocycles. The summed E-state index contributed by atoms with van der Waals surface area (Å²) in [6.45, 7) is 1.89. The summed E-state index contributed by atoms with van der Waals surface area (Å²) in [4.78, 5) is 24.5. The van der Waals surface area contributed by atoms with Crippen LogP contribution in [-0.4, -0.2) is 66.9 Å². The molecule has 38 heavy (non-hydrogen) atoms. The average molecular weight is 517 g/mol. The van der Waals surface area contributed by atoms with Gasteiger partial charge in [-0.25, -0.2) is 9.97 Å². The predicted molar refractivity (Wildman–Crippen MR) is 144 cm³/mol. The molecule has 5 rings (SSSR count). The molecule has 0 aliphatic carbocycles. The quantitative estimate of drug-likeness (QED) is 0.340. The van der Waals surface area contributed by atoms with Gasteiger partial charge in [-0.15, -0.1) is 0 Å². The molecule has 4 aromatic rings. The van der Waals surface area contributed by atoms with Crippen LogP contribution in [0, 0.1) is 0 Å². The number of nitrogens with zero attached hydrogens (tertiary/aromatic N) is 4. The molecule has 0 spiro atoms. The molecule has 1 aliphatic heterocycles. The number of likely N-dealkylation sites (tertiary alicyclic amines) is 1. The predicted octanol–water partition coefficient (Wildman–Crippen LogP) is 4.53. The van der Waals surface area contributed by atoms with Gasteiger partial charge in [-0.05, 0) is 42.7 Å². The molecule has 0 unspecified atom stereocenters. The highest BCUT2D eigenvalue weighted by atomic mass is 16.5. The molecule has 9 nitrogen and oxygen atoms in total. The molecular formula is C29H32N4O5. The number of amides is 1. The normalized spacial score (nSPS) is 13.9. The largest absolute Gasteiger partial charge is 0.496 e. The van der Waals surface area contributed by atoms with Gasteiger partial charge in [0.1, 0.15) is 17.3 Å². The molecule has 0 N–H and O–H groups in total. The van der Waals surface area contributed by atoms with Crippen LogP contribution < -0.4 is 18.9 Å². The van der Waals surface area contributed by atoms with Crippen molar-refractivity contribution >= 4 is 16.8 Å². The van der Waals surface area contributed by atoms with E-state index in [1.54, 1.807) is 34.5 Å². The number of imidazole rings is 1. The number of pyridine rings is 1. The molecule has 2 aromatic carbocycles. The van der Waals surface area contributed by atoms with Crippen LogP contribution in [-0.2, 0) is 6.54 Å². The third kappa shape index (κ3) is 4.83. The van der Waals surface area contributed by atoms with Gasteiger partial charge in [0.15, 0.2) is 11.5 Å². The molecule has 198 valence electrons. The van der Waals surface area contributed by atoms with E-state index >= 15 is 0 Å². The first kappa shape index (κ1) is 25.4. The Kier molecular flexibility index (Phi) is 7.35. The van der Waals surface area contributed by atoms with Crippen molar-refractivity contribution in [1.29, 1.82) is 0 Å². The van der Waals surface area contributed by atoms with Gasteiger partial charge in [-0.2, -0.15) is 0 Å². The van der Waals surface area contributed by atoms with E-state index in [4.69, 9.17) is 18.9 Å². The number of hydrogen-bond donors (Lipinski definition) is 0. The molecule has 1 aliphatic rings. The highest BCUT2D eigenvalue weighted by molar-refractivity contribution is 5.97. The van der Waals surface area contributed by atoms with Crippen molar-refractivity contribution in [3.63, 3.8) is 0 Å². The standard InChI is InChI=1S/C29H32N4O5/c1-35-24-17-23(31-22-8-6-5-7-21(22)24)29(34)32-12-9-20(10-13-32)28-30-11-14-33(28)18-19-15-25(36-2)27(38-4)26(16-19)37-3/h5-8,11,14-17,20H,9-10,12-13,18H2,1-4H3. The molecule has 1 fully saturated rings. The Bertz CT molecular complexity index is 1420. The molecule has 9 heteroatoms. The summed E-state index contributed by atoms with van der Waals surface area (Å²) >= 11 is 0. The molecule has 3 heterocycles. The maximum Gasteiger partial charge on any atom is 0.272 e. The van der Waals surface area contributed by atoms with E-state index in [0.717, 1.165) is 35.1 Å². The number of fused-ring (bicyclic) bond motifs is 1. The second-order valence-electron chi connectivity index (χ2n) is 9.24. The molecular weight excluding hydrogens is 484 g/mol. The van der Waals surface area contributed by atoms with E-state index in [2.05, 4.69) is 14.5 Å². The SMILES string of the molecule is COc1cc(Cn2ccnc2C2CCN(C(=O)c3cc(OC)c4ccccc4n3)CC2)cc(OC)c1OC. The summed E-state index contributed by atoms with van der Waals surface area (Å²) in [5.74, 6) is 3.64. The minimum Gasteiger partial charge on any atom is -0.496 e. The fourth-order valence-corrected chi connectivity index (χ4v) is 5.16. The summed E-state index contributed by atoms with van der Waals surface area (Å²) in [5, 5.41) is 0.893. The smallest absolute Gasteiger partial charge is 0.272 e. The van der Waals surface area contributed by atoms with Crippen LogP contribution in [0.3, 0.4) is 0 Å². The van der Waals surface area contributed by atoms with Crippen LogP contribution in [0.1, 0.15) is 40.6 Å². The first-order chi connectivity index (χ1) is 18.6. The lowest BCUT2D eigenvalue weighted by Gasteiger charge is -2.32. The zero-order valence-electron chi connectivity index (χ0n) is 22.1. The lowest BCUT2D eigenvalue weighted by Crippen LogP contribution is -2.38. The number of carbonyl (C=O) groups excluding carboxylic acids is 1. The zero-order valence-corrected chi connectivity index (χ0v) is 22.1. The molecule has 0 atom stereocenters. The van der Waals surface area contributed by atoms with Gasteiger partial charge in [0.25, 0.3) is 5.91 Å². The molecule has 0 bridgehead atoms. The van der Waals surface area contributed by atoms with Crippen molar-refractivity contribution in [2.24, 2.45) is 0 Å². The highest BCUT2D eigenvalue weighted by Gasteiger charge is 2.28. The summed E-state index contributed by atoms with van der Waals surface area (Å²) in [6, 6.07) is 13.3. The molecule has 1 amide bonds. The van der Waals surface area contributed by atoms with Crippen LogP contribution in [0.15, 0.2) is 54.9 Å². The van der Waals surface area contributed by atoms with Gasteiger partial charge in [0, 0.05) is 49.4 Å². The van der Waals surface area contributed by atoms with Crippen LogP contribution in [0.5, 0.6) is 23.0 Å². The Morgan fingerprint density at radius 1 is 0.921 bits per heavy atom. The number of piperidine rings is 1. The van der Waals surface area contributed by atoms with Crippen molar-refractivity contribution in [1.82, 2.24) is 19.4 Å². The van der Waals surface area contributed by atoms with Gasteiger partial charge >= 0.3 is 0 Å². The molecule has 0 saturated carbocycles. The lowest BCUT2D eigenvalue weighted by molar-refractivity contribution is 0.0704. The van der Waals surface area contributed by atoms with Crippen LogP contribution in [0.25, 0.3) is 10.9 Å². The van der Waals surface area contributed by atoms with Crippen LogP contribution >= 0.6 is 0 Å². The van der Waals surface area contributed by atoms with Gasteiger partial charge < -0.3 is 28.4 Å². The number of aromatic nitrogens is 3. The number of benzene rings is 2. The van der Waals surface area contributed by atoms with Crippen molar-refractivity contribution in [2.75, 3.05) is 41.5 Å². The first-order valence-corrected chi connectivity index (χ1v) is 12.6. The van der Waals surface area contributed by atoms with Gasteiger partial charge in [-0.3, -0.25) is 4.79 Å². The third-order valence-electron chi connectivity index (χ3n) is 7.09. The third-order valence-corrected chi connectivity index (χ3v) is 7.09. The van der Waals surface area contributed by atoms with Crippen LogP contribution in [0.4, 0.5) is 0 Å². The van der Waals surface area contributed by atoms with E-state index in [0.29, 0.717) is 48.3 Å². The van der Waals surface area contributed by atoms with Crippen molar-refractivity contribution in [2.45, 2.75) is 25.3 Å². The number of rotatable bonds is 8. The maximum atomic E-state index is 13.3. The topological polar surface area (TPSA) is 87.9 Å². The second kappa shape index (κ2) is 11.0. The van der Waals surface area contributed by atoms with E-state index in [-0.39, 0.29) is 11.8 Å². The Hall–Kier alpha value is -4.27. The summed E-state index contributed by atoms with van der Waals surface area (Å²) < 4.78 is 24.2. The summed E-state index contributed by atoms with van der Waals surface area (Å²) in [7, 11) is 6.43. The Morgan fingerprint density at radius 3 is 2.26 bits per heavy atom. The number of methoxy groups -OCH3 is 4. The fourth-order valence-electron chi connectivity index (χ4n) is 5.16.